The molecule has 1 unspecified atom stereocenters. The molecule has 0 bridgehead atoms. The number of aromatic amines is 1. The summed E-state index contributed by atoms with van der Waals surface area (Å²) in [6.07, 6.45) is 1.09. The molecule has 1 amide bonds. The molecule has 0 saturated heterocycles. The lowest BCUT2D eigenvalue weighted by molar-refractivity contribution is -0.159. The third-order valence-corrected chi connectivity index (χ3v) is 4.69. The molecule has 3 aromatic rings. The van der Waals surface area contributed by atoms with Crippen LogP contribution in [-0.4, -0.2) is 44.2 Å². The summed E-state index contributed by atoms with van der Waals surface area (Å²) in [6.45, 7) is 0.783. The lowest BCUT2D eigenvalue weighted by Gasteiger charge is -2.28. The smallest absolute Gasteiger partial charge is 0.416 e. The van der Waals surface area contributed by atoms with Crippen LogP contribution in [0.15, 0.2) is 63.9 Å². The van der Waals surface area contributed by atoms with Gasteiger partial charge < -0.3 is 14.6 Å². The van der Waals surface area contributed by atoms with Crippen molar-refractivity contribution >= 4 is 23.5 Å². The van der Waals surface area contributed by atoms with Gasteiger partial charge >= 0.3 is 17.6 Å². The van der Waals surface area contributed by atoms with E-state index in [1.54, 1.807) is 18.2 Å². The standard InChI is InChI=1S/C21H20ClN3O6/c1-21(30,19(27)28)12-25(24-18(26)17-10-23-20(29)31-17)11-13-5-7-14(8-6-13)15-3-2-4-16(22)9-15/h2-10,30H,11-12H2,1H3,(H,23,29)(H,24,26)(H,27,28). The van der Waals surface area contributed by atoms with Crippen molar-refractivity contribution in [1.82, 2.24) is 15.4 Å². The number of hydrogen-bond donors (Lipinski definition) is 4. The van der Waals surface area contributed by atoms with Crippen LogP contribution in [0.5, 0.6) is 0 Å². The van der Waals surface area contributed by atoms with E-state index in [1.165, 1.54) is 5.01 Å². The highest BCUT2D eigenvalue weighted by atomic mass is 35.5. The normalized spacial score (nSPS) is 13.0. The van der Waals surface area contributed by atoms with Crippen molar-refractivity contribution in [2.45, 2.75) is 19.1 Å². The fourth-order valence-electron chi connectivity index (χ4n) is 2.86. The van der Waals surface area contributed by atoms with Gasteiger partial charge in [0.15, 0.2) is 5.60 Å². The summed E-state index contributed by atoms with van der Waals surface area (Å²) in [4.78, 5) is 37.0. The third kappa shape index (κ3) is 5.82. The molecule has 0 fully saturated rings. The Bertz CT molecular complexity index is 1140. The number of amides is 1. The van der Waals surface area contributed by atoms with E-state index in [-0.39, 0.29) is 12.3 Å². The van der Waals surface area contributed by atoms with E-state index in [2.05, 4.69) is 10.4 Å². The second-order valence-electron chi connectivity index (χ2n) is 7.13. The minimum Gasteiger partial charge on any atom is -0.479 e. The number of carbonyl (C=O) groups is 2. The number of H-pyrrole nitrogens is 1. The molecule has 4 N–H and O–H groups in total. The van der Waals surface area contributed by atoms with Gasteiger partial charge in [-0.25, -0.2) is 14.6 Å². The lowest BCUT2D eigenvalue weighted by atomic mass is 10.0. The van der Waals surface area contributed by atoms with Crippen LogP contribution in [0.4, 0.5) is 0 Å². The van der Waals surface area contributed by atoms with Crippen LogP contribution < -0.4 is 11.2 Å². The summed E-state index contributed by atoms with van der Waals surface area (Å²) in [5, 5.41) is 21.2. The maximum Gasteiger partial charge on any atom is 0.416 e. The second-order valence-corrected chi connectivity index (χ2v) is 7.56. The number of hydrazine groups is 1. The number of carboxylic acid groups (broad SMARTS) is 1. The summed E-state index contributed by atoms with van der Waals surface area (Å²) in [6, 6.07) is 14.7. The first-order chi connectivity index (χ1) is 14.6. The largest absolute Gasteiger partial charge is 0.479 e. The molecular formula is C21H20ClN3O6. The molecular weight excluding hydrogens is 426 g/mol. The Balaban J connectivity index is 1.79. The zero-order valence-electron chi connectivity index (χ0n) is 16.5. The van der Waals surface area contributed by atoms with Crippen molar-refractivity contribution in [3.05, 3.63) is 81.6 Å². The van der Waals surface area contributed by atoms with Crippen molar-refractivity contribution in [3.63, 3.8) is 0 Å². The molecule has 10 heteroatoms. The minimum absolute atomic E-state index is 0.0830. The number of nitrogens with zero attached hydrogens (tertiary/aromatic N) is 1. The molecule has 3 rings (SSSR count). The van der Waals surface area contributed by atoms with Gasteiger partial charge in [0.25, 0.3) is 0 Å². The number of nitrogens with one attached hydrogen (secondary N) is 2. The van der Waals surface area contributed by atoms with Gasteiger partial charge in [0, 0.05) is 11.6 Å². The van der Waals surface area contributed by atoms with Crippen LogP contribution in [0, 0.1) is 0 Å². The highest BCUT2D eigenvalue weighted by Crippen LogP contribution is 2.23. The molecule has 0 aliphatic carbocycles. The number of halogens is 1. The van der Waals surface area contributed by atoms with E-state index in [1.807, 2.05) is 30.3 Å². The summed E-state index contributed by atoms with van der Waals surface area (Å²) >= 11 is 6.03. The molecule has 1 atom stereocenters. The molecule has 9 nitrogen and oxygen atoms in total. The first-order valence-corrected chi connectivity index (χ1v) is 9.57. The van der Waals surface area contributed by atoms with Crippen LogP contribution in [0.1, 0.15) is 23.0 Å². The van der Waals surface area contributed by atoms with Gasteiger partial charge in [0.2, 0.25) is 5.76 Å². The molecule has 0 radical (unpaired) electrons. The Hall–Kier alpha value is -3.40. The van der Waals surface area contributed by atoms with Crippen molar-refractivity contribution in [1.29, 1.82) is 0 Å². The third-order valence-electron chi connectivity index (χ3n) is 4.45. The Labute approximate surface area is 181 Å². The van der Waals surface area contributed by atoms with Crippen LogP contribution in [0.3, 0.4) is 0 Å². The molecule has 162 valence electrons. The number of carbonyl (C=O) groups excluding carboxylic acids is 1. The Morgan fingerprint density at radius 2 is 1.90 bits per heavy atom. The van der Waals surface area contributed by atoms with E-state index in [0.29, 0.717) is 5.02 Å². The number of oxazole rings is 1. The number of carboxylic acids is 1. The molecule has 0 aliphatic rings. The van der Waals surface area contributed by atoms with Crippen LogP contribution in [0.2, 0.25) is 5.02 Å². The number of benzene rings is 2. The number of aromatic nitrogens is 1. The second kappa shape index (κ2) is 9.17. The minimum atomic E-state index is -2.13. The van der Waals surface area contributed by atoms with E-state index in [9.17, 15) is 24.6 Å². The summed E-state index contributed by atoms with van der Waals surface area (Å²) in [5.74, 6) is -3.29. The van der Waals surface area contributed by atoms with E-state index < -0.39 is 29.8 Å². The van der Waals surface area contributed by atoms with Gasteiger partial charge in [-0.15, -0.1) is 0 Å². The Morgan fingerprint density at radius 1 is 1.19 bits per heavy atom. The van der Waals surface area contributed by atoms with E-state index in [0.717, 1.165) is 29.8 Å². The predicted molar refractivity (Wildman–Crippen MR) is 112 cm³/mol. The topological polar surface area (TPSA) is 136 Å². The molecule has 0 aliphatic heterocycles. The highest BCUT2D eigenvalue weighted by molar-refractivity contribution is 6.30. The number of rotatable bonds is 8. The van der Waals surface area contributed by atoms with Crippen molar-refractivity contribution in [3.8, 4) is 11.1 Å². The van der Waals surface area contributed by atoms with Crippen molar-refractivity contribution in [2.24, 2.45) is 0 Å². The van der Waals surface area contributed by atoms with Gasteiger partial charge in [-0.3, -0.25) is 15.2 Å². The molecule has 31 heavy (non-hydrogen) atoms. The van der Waals surface area contributed by atoms with Gasteiger partial charge in [0.1, 0.15) is 0 Å². The number of hydrogen-bond acceptors (Lipinski definition) is 6. The van der Waals surface area contributed by atoms with Crippen molar-refractivity contribution < 1.29 is 24.2 Å². The van der Waals surface area contributed by atoms with Gasteiger partial charge in [0.05, 0.1) is 12.7 Å². The monoisotopic (exact) mass is 445 g/mol. The van der Waals surface area contributed by atoms with Crippen LogP contribution in [0.25, 0.3) is 11.1 Å². The number of aliphatic carboxylic acids is 1. The average molecular weight is 446 g/mol. The maximum atomic E-state index is 12.3. The predicted octanol–water partition coefficient (Wildman–Crippen LogP) is 2.27. The first-order valence-electron chi connectivity index (χ1n) is 9.19. The van der Waals surface area contributed by atoms with Gasteiger partial charge in [-0.1, -0.05) is 48.0 Å². The zero-order valence-corrected chi connectivity index (χ0v) is 17.2. The molecule has 0 spiro atoms. The van der Waals surface area contributed by atoms with Gasteiger partial charge in [-0.2, -0.15) is 0 Å². The van der Waals surface area contributed by atoms with Crippen LogP contribution in [-0.2, 0) is 11.3 Å². The Morgan fingerprint density at radius 3 is 2.48 bits per heavy atom. The molecule has 0 saturated carbocycles. The quantitative estimate of drug-likeness (QED) is 0.390. The molecule has 2 aromatic carbocycles. The zero-order chi connectivity index (χ0) is 22.6. The molecule has 1 heterocycles. The van der Waals surface area contributed by atoms with Crippen molar-refractivity contribution in [2.75, 3.05) is 6.54 Å². The van der Waals surface area contributed by atoms with E-state index >= 15 is 0 Å². The first kappa shape index (κ1) is 22.3. The summed E-state index contributed by atoms with van der Waals surface area (Å²) < 4.78 is 4.71. The SMILES string of the molecule is CC(O)(CN(Cc1ccc(-c2cccc(Cl)c2)cc1)NC(=O)c1c[nH]c(=O)o1)C(=O)O. The lowest BCUT2D eigenvalue weighted by Crippen LogP contribution is -2.52. The number of aliphatic hydroxyl groups is 1. The fourth-order valence-corrected chi connectivity index (χ4v) is 3.05. The van der Waals surface area contributed by atoms with Crippen LogP contribution >= 0.6 is 11.6 Å². The fraction of sp³-hybridized carbons (Fsp3) is 0.190. The van der Waals surface area contributed by atoms with Gasteiger partial charge in [-0.05, 0) is 35.7 Å². The Kier molecular flexibility index (Phi) is 6.59. The summed E-state index contributed by atoms with van der Waals surface area (Å²) in [5.41, 5.74) is 2.92. The maximum absolute atomic E-state index is 12.3. The van der Waals surface area contributed by atoms with E-state index in [4.69, 9.17) is 16.0 Å². The average Bonchev–Trinajstić information content (AvgIpc) is 3.14. The highest BCUT2D eigenvalue weighted by Gasteiger charge is 2.33. The molecule has 1 aromatic heterocycles. The summed E-state index contributed by atoms with van der Waals surface area (Å²) in [7, 11) is 0.